The van der Waals surface area contributed by atoms with E-state index in [0.29, 0.717) is 10.6 Å². The van der Waals surface area contributed by atoms with E-state index in [0.717, 1.165) is 0 Å². The number of carboxylic acids is 1. The first-order valence-corrected chi connectivity index (χ1v) is 5.18. The average molecular weight is 253 g/mol. The van der Waals surface area contributed by atoms with E-state index in [4.69, 9.17) is 21.1 Å². The quantitative estimate of drug-likeness (QED) is 0.878. The van der Waals surface area contributed by atoms with E-state index >= 15 is 0 Å². The molecular formula is C11H9ClN2O3. The Kier molecular flexibility index (Phi) is 3.01. The Morgan fingerprint density at radius 2 is 2.18 bits per heavy atom. The van der Waals surface area contributed by atoms with Crippen LogP contribution in [0.5, 0.6) is 0 Å². The molecule has 0 aliphatic rings. The number of aromatic carboxylic acids is 1. The SMILES string of the molecule is CNc1nc(-c2ccccc2Cl)c(C(=O)O)o1. The van der Waals surface area contributed by atoms with Gasteiger partial charge in [-0.05, 0) is 6.07 Å². The van der Waals surface area contributed by atoms with Crippen LogP contribution in [0.1, 0.15) is 10.6 Å². The fraction of sp³-hybridized carbons (Fsp3) is 0.0909. The lowest BCUT2D eigenvalue weighted by atomic mass is 10.1. The number of hydrogen-bond donors (Lipinski definition) is 2. The summed E-state index contributed by atoms with van der Waals surface area (Å²) in [5.74, 6) is -1.42. The van der Waals surface area contributed by atoms with Crippen molar-refractivity contribution in [1.29, 1.82) is 0 Å². The average Bonchev–Trinajstić information content (AvgIpc) is 2.73. The van der Waals surface area contributed by atoms with Gasteiger partial charge in [0, 0.05) is 12.6 Å². The second-order valence-corrected chi connectivity index (χ2v) is 3.64. The van der Waals surface area contributed by atoms with Crippen molar-refractivity contribution in [3.63, 3.8) is 0 Å². The molecule has 0 unspecified atom stereocenters. The molecule has 0 saturated heterocycles. The largest absolute Gasteiger partial charge is 0.475 e. The number of nitrogens with one attached hydrogen (secondary N) is 1. The first kappa shape index (κ1) is 11.5. The molecule has 0 radical (unpaired) electrons. The van der Waals surface area contributed by atoms with E-state index in [-0.39, 0.29) is 17.5 Å². The molecule has 0 fully saturated rings. The summed E-state index contributed by atoms with van der Waals surface area (Å²) < 4.78 is 5.05. The van der Waals surface area contributed by atoms with Crippen molar-refractivity contribution < 1.29 is 14.3 Å². The topological polar surface area (TPSA) is 75.4 Å². The van der Waals surface area contributed by atoms with Crippen LogP contribution >= 0.6 is 11.6 Å². The van der Waals surface area contributed by atoms with Gasteiger partial charge < -0.3 is 14.8 Å². The van der Waals surface area contributed by atoms with Crippen molar-refractivity contribution >= 4 is 23.6 Å². The van der Waals surface area contributed by atoms with Gasteiger partial charge in [0.1, 0.15) is 5.69 Å². The summed E-state index contributed by atoms with van der Waals surface area (Å²) >= 11 is 5.99. The number of aromatic nitrogens is 1. The molecule has 17 heavy (non-hydrogen) atoms. The summed E-state index contributed by atoms with van der Waals surface area (Å²) in [5, 5.41) is 12.1. The molecule has 0 aliphatic heterocycles. The van der Waals surface area contributed by atoms with Crippen LogP contribution < -0.4 is 5.32 Å². The number of oxazole rings is 1. The van der Waals surface area contributed by atoms with Crippen molar-refractivity contribution in [2.24, 2.45) is 0 Å². The van der Waals surface area contributed by atoms with Crippen LogP contribution in [-0.2, 0) is 0 Å². The highest BCUT2D eigenvalue weighted by atomic mass is 35.5. The third-order valence-electron chi connectivity index (χ3n) is 2.16. The van der Waals surface area contributed by atoms with Gasteiger partial charge in [0.15, 0.2) is 0 Å². The Labute approximate surface area is 102 Å². The zero-order valence-electron chi connectivity index (χ0n) is 8.90. The monoisotopic (exact) mass is 252 g/mol. The Morgan fingerprint density at radius 1 is 1.47 bits per heavy atom. The lowest BCUT2D eigenvalue weighted by Crippen LogP contribution is -1.96. The second-order valence-electron chi connectivity index (χ2n) is 3.23. The van der Waals surface area contributed by atoms with Gasteiger partial charge in [-0.15, -0.1) is 0 Å². The molecule has 0 spiro atoms. The second kappa shape index (κ2) is 4.47. The number of nitrogens with zero attached hydrogens (tertiary/aromatic N) is 1. The van der Waals surface area contributed by atoms with E-state index in [2.05, 4.69) is 10.3 Å². The molecule has 0 aliphatic carbocycles. The maximum absolute atomic E-state index is 11.0. The molecule has 2 rings (SSSR count). The van der Waals surface area contributed by atoms with Gasteiger partial charge in [0.05, 0.1) is 5.02 Å². The van der Waals surface area contributed by atoms with Crippen molar-refractivity contribution in [2.75, 3.05) is 12.4 Å². The number of anilines is 1. The number of rotatable bonds is 3. The smallest absolute Gasteiger partial charge is 0.374 e. The van der Waals surface area contributed by atoms with Gasteiger partial charge in [0.25, 0.3) is 6.01 Å². The molecule has 0 saturated carbocycles. The van der Waals surface area contributed by atoms with E-state index in [1.807, 2.05) is 0 Å². The van der Waals surface area contributed by atoms with Crippen LogP contribution in [-0.4, -0.2) is 23.1 Å². The van der Waals surface area contributed by atoms with E-state index in [9.17, 15) is 4.79 Å². The maximum atomic E-state index is 11.0. The predicted octanol–water partition coefficient (Wildman–Crippen LogP) is 2.73. The lowest BCUT2D eigenvalue weighted by Gasteiger charge is -1.99. The summed E-state index contributed by atoms with van der Waals surface area (Å²) in [7, 11) is 1.59. The predicted molar refractivity (Wildman–Crippen MR) is 63.5 cm³/mol. The molecule has 88 valence electrons. The summed E-state index contributed by atoms with van der Waals surface area (Å²) in [4.78, 5) is 15.1. The van der Waals surface area contributed by atoms with E-state index < -0.39 is 5.97 Å². The van der Waals surface area contributed by atoms with Gasteiger partial charge in [-0.1, -0.05) is 29.8 Å². The first-order chi connectivity index (χ1) is 8.13. The summed E-state index contributed by atoms with van der Waals surface area (Å²) in [5.41, 5.74) is 0.740. The minimum Gasteiger partial charge on any atom is -0.475 e. The van der Waals surface area contributed by atoms with Crippen LogP contribution in [0.3, 0.4) is 0 Å². The summed E-state index contributed by atoms with van der Waals surface area (Å²) in [6.07, 6.45) is 0. The van der Waals surface area contributed by atoms with Crippen molar-refractivity contribution in [1.82, 2.24) is 4.98 Å². The third kappa shape index (κ3) is 2.09. The van der Waals surface area contributed by atoms with Crippen LogP contribution in [0.15, 0.2) is 28.7 Å². The van der Waals surface area contributed by atoms with Crippen molar-refractivity contribution in [3.05, 3.63) is 35.0 Å². The van der Waals surface area contributed by atoms with Gasteiger partial charge in [-0.3, -0.25) is 0 Å². The van der Waals surface area contributed by atoms with Crippen molar-refractivity contribution in [2.45, 2.75) is 0 Å². The summed E-state index contributed by atoms with van der Waals surface area (Å²) in [6, 6.07) is 6.99. The van der Waals surface area contributed by atoms with E-state index in [1.54, 1.807) is 31.3 Å². The highest BCUT2D eigenvalue weighted by Gasteiger charge is 2.21. The Hall–Kier alpha value is -2.01. The fourth-order valence-electron chi connectivity index (χ4n) is 1.41. The lowest BCUT2D eigenvalue weighted by molar-refractivity contribution is 0.0665. The molecule has 6 heteroatoms. The van der Waals surface area contributed by atoms with Gasteiger partial charge >= 0.3 is 5.97 Å². The molecule has 2 aromatic rings. The first-order valence-electron chi connectivity index (χ1n) is 4.80. The van der Waals surface area contributed by atoms with Gasteiger partial charge in [0.2, 0.25) is 5.76 Å². The van der Waals surface area contributed by atoms with E-state index in [1.165, 1.54) is 0 Å². The molecule has 1 aromatic carbocycles. The van der Waals surface area contributed by atoms with Gasteiger partial charge in [-0.25, -0.2) is 4.79 Å². The van der Waals surface area contributed by atoms with Crippen LogP contribution in [0.25, 0.3) is 11.3 Å². The molecule has 1 aromatic heterocycles. The van der Waals surface area contributed by atoms with Crippen molar-refractivity contribution in [3.8, 4) is 11.3 Å². The Balaban J connectivity index is 2.62. The highest BCUT2D eigenvalue weighted by Crippen LogP contribution is 2.31. The zero-order chi connectivity index (χ0) is 12.4. The standard InChI is InChI=1S/C11H9ClN2O3/c1-13-11-14-8(9(17-11)10(15)16)6-4-2-3-5-7(6)12/h2-5H,1H3,(H,13,14)(H,15,16). The minimum absolute atomic E-state index is 0.136. The molecule has 0 atom stereocenters. The molecular weight excluding hydrogens is 244 g/mol. The maximum Gasteiger partial charge on any atom is 0.374 e. The number of halogens is 1. The van der Waals surface area contributed by atoms with Crippen LogP contribution in [0.4, 0.5) is 6.01 Å². The Morgan fingerprint density at radius 3 is 2.76 bits per heavy atom. The van der Waals surface area contributed by atoms with Crippen LogP contribution in [0, 0.1) is 0 Å². The number of benzene rings is 1. The number of carbonyl (C=O) groups is 1. The highest BCUT2D eigenvalue weighted by molar-refractivity contribution is 6.33. The molecule has 0 bridgehead atoms. The van der Waals surface area contributed by atoms with Crippen LogP contribution in [0.2, 0.25) is 5.02 Å². The zero-order valence-corrected chi connectivity index (χ0v) is 9.65. The molecule has 5 nitrogen and oxygen atoms in total. The fourth-order valence-corrected chi connectivity index (χ4v) is 1.63. The molecule has 1 heterocycles. The number of carboxylic acid groups (broad SMARTS) is 1. The Bertz CT molecular complexity index is 566. The molecule has 2 N–H and O–H groups in total. The summed E-state index contributed by atoms with van der Waals surface area (Å²) in [6.45, 7) is 0. The van der Waals surface area contributed by atoms with Gasteiger partial charge in [-0.2, -0.15) is 4.98 Å². The minimum atomic E-state index is -1.19. The normalized spacial score (nSPS) is 10.2. The number of hydrogen-bond acceptors (Lipinski definition) is 4. The third-order valence-corrected chi connectivity index (χ3v) is 2.49. The molecule has 0 amide bonds.